The second kappa shape index (κ2) is 5.76. The summed E-state index contributed by atoms with van der Waals surface area (Å²) in [4.78, 5) is 3.25. The summed E-state index contributed by atoms with van der Waals surface area (Å²) in [6.07, 6.45) is 2.94. The van der Waals surface area contributed by atoms with Gasteiger partial charge in [-0.15, -0.1) is 0 Å². The Kier molecular flexibility index (Phi) is 3.58. The van der Waals surface area contributed by atoms with Gasteiger partial charge in [0.1, 0.15) is 0 Å². The van der Waals surface area contributed by atoms with Crippen molar-refractivity contribution >= 4 is 23.1 Å². The predicted octanol–water partition coefficient (Wildman–Crippen LogP) is 4.95. The number of hydrogen-bond acceptors (Lipinski definition) is 2. The van der Waals surface area contributed by atoms with E-state index in [0.717, 1.165) is 34.4 Å². The number of benzene rings is 2. The molecule has 0 atom stereocenters. The van der Waals surface area contributed by atoms with E-state index in [1.165, 1.54) is 11.1 Å². The number of nitrogens with zero attached hydrogens (tertiary/aromatic N) is 2. The van der Waals surface area contributed by atoms with Crippen LogP contribution in [0.3, 0.4) is 0 Å². The number of nitrogens with one attached hydrogen (secondary N) is 2. The van der Waals surface area contributed by atoms with Gasteiger partial charge in [-0.05, 0) is 61.0 Å². The first-order chi connectivity index (χ1) is 11.7. The lowest BCUT2D eigenvalue weighted by Crippen LogP contribution is -2.00. The minimum absolute atomic E-state index is 0.597. The highest BCUT2D eigenvalue weighted by molar-refractivity contribution is 7.71. The van der Waals surface area contributed by atoms with Gasteiger partial charge in [-0.3, -0.25) is 9.67 Å². The highest BCUT2D eigenvalue weighted by Crippen LogP contribution is 2.29. The van der Waals surface area contributed by atoms with Gasteiger partial charge in [-0.2, -0.15) is 5.10 Å². The van der Waals surface area contributed by atoms with E-state index in [2.05, 4.69) is 65.4 Å². The Labute approximate surface area is 145 Å². The van der Waals surface area contributed by atoms with Gasteiger partial charge in [0.05, 0.1) is 5.69 Å². The zero-order chi connectivity index (χ0) is 16.7. The fraction of sp³-hybridized carbons (Fsp3) is 0.158. The van der Waals surface area contributed by atoms with Crippen LogP contribution in [0.1, 0.15) is 18.1 Å². The van der Waals surface area contributed by atoms with Crippen molar-refractivity contribution in [3.8, 4) is 17.1 Å². The van der Waals surface area contributed by atoms with Gasteiger partial charge >= 0.3 is 0 Å². The van der Waals surface area contributed by atoms with E-state index < -0.39 is 0 Å². The summed E-state index contributed by atoms with van der Waals surface area (Å²) in [5, 5.41) is 8.61. The Bertz CT molecular complexity index is 1080. The zero-order valence-electron chi connectivity index (χ0n) is 13.6. The second-order valence-electron chi connectivity index (χ2n) is 5.91. The zero-order valence-corrected chi connectivity index (χ0v) is 14.4. The lowest BCUT2D eigenvalue weighted by molar-refractivity contribution is 1.04. The van der Waals surface area contributed by atoms with Crippen molar-refractivity contribution in [1.82, 2.24) is 19.7 Å². The molecular formula is C19H18N4S. The highest BCUT2D eigenvalue weighted by Gasteiger charge is 2.15. The molecule has 24 heavy (non-hydrogen) atoms. The lowest BCUT2D eigenvalue weighted by atomic mass is 10.0. The van der Waals surface area contributed by atoms with Crippen LogP contribution in [0, 0.1) is 11.7 Å². The van der Waals surface area contributed by atoms with Crippen LogP contribution < -0.4 is 0 Å². The van der Waals surface area contributed by atoms with Crippen LogP contribution in [0.15, 0.2) is 48.7 Å². The molecule has 0 saturated heterocycles. The SMILES string of the molecule is CCc1ccc(C)c(-c2n[nH]c(=S)n2-c2cccc3[nH]ccc23)c1. The molecular weight excluding hydrogens is 316 g/mol. The van der Waals surface area contributed by atoms with Gasteiger partial charge in [0.2, 0.25) is 0 Å². The van der Waals surface area contributed by atoms with E-state index >= 15 is 0 Å². The lowest BCUT2D eigenvalue weighted by Gasteiger charge is -2.11. The molecule has 0 unspecified atom stereocenters. The minimum Gasteiger partial charge on any atom is -0.361 e. The topological polar surface area (TPSA) is 49.4 Å². The number of aromatic amines is 2. The number of rotatable bonds is 3. The van der Waals surface area contributed by atoms with Crippen LogP contribution in [-0.2, 0) is 6.42 Å². The molecule has 2 aromatic heterocycles. The Morgan fingerprint density at radius 3 is 2.88 bits per heavy atom. The maximum Gasteiger partial charge on any atom is 0.200 e. The van der Waals surface area contributed by atoms with E-state index in [1.54, 1.807) is 0 Å². The van der Waals surface area contributed by atoms with Crippen molar-refractivity contribution in [1.29, 1.82) is 0 Å². The number of H-pyrrole nitrogens is 2. The Balaban J connectivity index is 2.02. The van der Waals surface area contributed by atoms with Gasteiger partial charge in [0.25, 0.3) is 0 Å². The minimum atomic E-state index is 0.597. The van der Waals surface area contributed by atoms with E-state index in [9.17, 15) is 0 Å². The molecule has 120 valence electrons. The Morgan fingerprint density at radius 2 is 2.04 bits per heavy atom. The van der Waals surface area contributed by atoms with Crippen molar-refractivity contribution < 1.29 is 0 Å². The first-order valence-corrected chi connectivity index (χ1v) is 8.43. The van der Waals surface area contributed by atoms with Crippen LogP contribution in [0.4, 0.5) is 0 Å². The maximum atomic E-state index is 5.53. The molecule has 2 heterocycles. The van der Waals surface area contributed by atoms with Crippen molar-refractivity contribution in [3.05, 3.63) is 64.6 Å². The monoisotopic (exact) mass is 334 g/mol. The number of hydrogen-bond donors (Lipinski definition) is 2. The van der Waals surface area contributed by atoms with E-state index in [-0.39, 0.29) is 0 Å². The van der Waals surface area contributed by atoms with Gasteiger partial charge < -0.3 is 4.98 Å². The average molecular weight is 334 g/mol. The van der Waals surface area contributed by atoms with Crippen molar-refractivity contribution in [2.75, 3.05) is 0 Å². The van der Waals surface area contributed by atoms with Crippen molar-refractivity contribution in [2.45, 2.75) is 20.3 Å². The van der Waals surface area contributed by atoms with Gasteiger partial charge in [-0.1, -0.05) is 25.1 Å². The summed E-state index contributed by atoms with van der Waals surface area (Å²) in [6, 6.07) is 14.7. The Morgan fingerprint density at radius 1 is 1.17 bits per heavy atom. The summed E-state index contributed by atoms with van der Waals surface area (Å²) in [7, 11) is 0. The fourth-order valence-corrected chi connectivity index (χ4v) is 3.33. The molecule has 0 fully saturated rings. The van der Waals surface area contributed by atoms with Crippen LogP contribution >= 0.6 is 12.2 Å². The molecule has 0 aliphatic carbocycles. The number of aryl methyl sites for hydroxylation is 2. The summed E-state index contributed by atoms with van der Waals surface area (Å²) in [6.45, 7) is 4.26. The fourth-order valence-electron chi connectivity index (χ4n) is 3.09. The third-order valence-corrected chi connectivity index (χ3v) is 4.71. The molecule has 5 heteroatoms. The van der Waals surface area contributed by atoms with Crippen LogP contribution in [0.5, 0.6) is 0 Å². The third-order valence-electron chi connectivity index (χ3n) is 4.44. The smallest absolute Gasteiger partial charge is 0.200 e. The molecule has 2 aromatic carbocycles. The summed E-state index contributed by atoms with van der Waals surface area (Å²) in [5.74, 6) is 0.849. The predicted molar refractivity (Wildman–Crippen MR) is 100 cm³/mol. The first-order valence-electron chi connectivity index (χ1n) is 8.03. The first kappa shape index (κ1) is 14.9. The molecule has 0 spiro atoms. The maximum absolute atomic E-state index is 5.53. The quantitative estimate of drug-likeness (QED) is 0.521. The van der Waals surface area contributed by atoms with Crippen LogP contribution in [-0.4, -0.2) is 19.7 Å². The highest BCUT2D eigenvalue weighted by atomic mass is 32.1. The normalized spacial score (nSPS) is 11.2. The summed E-state index contributed by atoms with van der Waals surface area (Å²) >= 11 is 5.53. The molecule has 2 N–H and O–H groups in total. The average Bonchev–Trinajstić information content (AvgIpc) is 3.21. The van der Waals surface area contributed by atoms with Crippen molar-refractivity contribution in [2.24, 2.45) is 0 Å². The Hall–Kier alpha value is -2.66. The van der Waals surface area contributed by atoms with Crippen LogP contribution in [0.25, 0.3) is 28.0 Å². The molecule has 0 radical (unpaired) electrons. The molecule has 0 amide bonds. The third kappa shape index (κ3) is 2.29. The standard InChI is InChI=1S/C19H18N4S/c1-3-13-8-7-12(2)15(11-13)18-21-22-19(24)23(18)17-6-4-5-16-14(17)9-10-20-16/h4-11,20H,3H2,1-2H3,(H,22,24). The summed E-state index contributed by atoms with van der Waals surface area (Å²) in [5.41, 5.74) is 5.69. The molecule has 4 rings (SSSR count). The number of fused-ring (bicyclic) bond motifs is 1. The summed E-state index contributed by atoms with van der Waals surface area (Å²) < 4.78 is 2.62. The molecule has 0 bridgehead atoms. The molecule has 4 nitrogen and oxygen atoms in total. The van der Waals surface area contributed by atoms with Crippen LogP contribution in [0.2, 0.25) is 0 Å². The van der Waals surface area contributed by atoms with E-state index in [1.807, 2.05) is 16.8 Å². The largest absolute Gasteiger partial charge is 0.361 e. The molecule has 0 saturated carbocycles. The van der Waals surface area contributed by atoms with Crippen molar-refractivity contribution in [3.63, 3.8) is 0 Å². The second-order valence-corrected chi connectivity index (χ2v) is 6.29. The van der Waals surface area contributed by atoms with E-state index in [4.69, 9.17) is 12.2 Å². The van der Waals surface area contributed by atoms with E-state index in [0.29, 0.717) is 4.77 Å². The van der Waals surface area contributed by atoms with Gasteiger partial charge in [0, 0.05) is 22.7 Å². The van der Waals surface area contributed by atoms with Gasteiger partial charge in [0.15, 0.2) is 10.6 Å². The van der Waals surface area contributed by atoms with Gasteiger partial charge in [-0.25, -0.2) is 0 Å². The number of aromatic nitrogens is 4. The molecule has 0 aliphatic heterocycles. The molecule has 4 aromatic rings. The molecule has 0 aliphatic rings.